The Labute approximate surface area is 132 Å². The standard InChI is InChI=1S/C18H28O4/c1-17(14(22-17)8-7-12-5-3-4-6-12)16-15(20-2)13(19)9-10-18(16)11-21-18/h7,13-16,19H,3-6,8-11H2,1-2H3/t13-,14-,15-,16-,17-,18+/m1/s1. The van der Waals surface area contributed by atoms with Crippen LogP contribution in [-0.4, -0.2) is 48.3 Å². The molecule has 1 spiro atoms. The molecule has 124 valence electrons. The van der Waals surface area contributed by atoms with Crippen LogP contribution < -0.4 is 0 Å². The van der Waals surface area contributed by atoms with Gasteiger partial charge in [0.05, 0.1) is 36.4 Å². The summed E-state index contributed by atoms with van der Waals surface area (Å²) in [5.74, 6) is 0.140. The molecule has 0 bridgehead atoms. The third-order valence-corrected chi connectivity index (χ3v) is 6.39. The van der Waals surface area contributed by atoms with E-state index in [1.54, 1.807) is 12.7 Å². The van der Waals surface area contributed by atoms with Crippen molar-refractivity contribution in [3.8, 4) is 0 Å². The maximum Gasteiger partial charge on any atom is 0.101 e. The van der Waals surface area contributed by atoms with Crippen LogP contribution in [0.5, 0.6) is 0 Å². The van der Waals surface area contributed by atoms with Crippen molar-refractivity contribution in [2.24, 2.45) is 5.92 Å². The summed E-state index contributed by atoms with van der Waals surface area (Å²) in [6, 6.07) is 0. The summed E-state index contributed by atoms with van der Waals surface area (Å²) in [7, 11) is 1.70. The van der Waals surface area contributed by atoms with E-state index in [4.69, 9.17) is 14.2 Å². The molecule has 2 aliphatic heterocycles. The van der Waals surface area contributed by atoms with Gasteiger partial charge in [-0.3, -0.25) is 0 Å². The molecule has 4 nitrogen and oxygen atoms in total. The van der Waals surface area contributed by atoms with Crippen molar-refractivity contribution < 1.29 is 19.3 Å². The summed E-state index contributed by atoms with van der Waals surface area (Å²) < 4.78 is 17.6. The zero-order valence-corrected chi connectivity index (χ0v) is 13.7. The molecule has 22 heavy (non-hydrogen) atoms. The molecule has 4 fully saturated rings. The van der Waals surface area contributed by atoms with Gasteiger partial charge in [-0.15, -0.1) is 0 Å². The SMILES string of the molecule is CO[C@@H]1[C@H](O)CC[C@]2(CO2)[C@H]1[C@]1(C)O[C@@H]1CC=C1CCCC1. The Morgan fingerprint density at radius 2 is 2.09 bits per heavy atom. The van der Waals surface area contributed by atoms with E-state index in [0.717, 1.165) is 25.9 Å². The number of allylic oxidation sites excluding steroid dienone is 1. The topological polar surface area (TPSA) is 54.5 Å². The van der Waals surface area contributed by atoms with E-state index in [-0.39, 0.29) is 29.3 Å². The van der Waals surface area contributed by atoms with Crippen LogP contribution in [0.1, 0.15) is 51.9 Å². The molecule has 0 amide bonds. The van der Waals surface area contributed by atoms with Gasteiger partial charge in [0.2, 0.25) is 0 Å². The van der Waals surface area contributed by atoms with E-state index >= 15 is 0 Å². The van der Waals surface area contributed by atoms with Crippen molar-refractivity contribution in [2.45, 2.75) is 81.4 Å². The van der Waals surface area contributed by atoms with Gasteiger partial charge in [-0.1, -0.05) is 11.6 Å². The van der Waals surface area contributed by atoms with Crippen molar-refractivity contribution in [3.63, 3.8) is 0 Å². The average Bonchev–Trinajstić information content (AvgIpc) is 3.35. The maximum absolute atomic E-state index is 10.3. The highest BCUT2D eigenvalue weighted by molar-refractivity contribution is 5.21. The Morgan fingerprint density at radius 1 is 1.36 bits per heavy atom. The summed E-state index contributed by atoms with van der Waals surface area (Å²) in [4.78, 5) is 0. The summed E-state index contributed by atoms with van der Waals surface area (Å²) >= 11 is 0. The molecular weight excluding hydrogens is 280 g/mol. The zero-order chi connectivity index (χ0) is 15.4. The number of ether oxygens (including phenoxy) is 3. The minimum absolute atomic E-state index is 0.107. The highest BCUT2D eigenvalue weighted by Gasteiger charge is 2.71. The molecule has 2 saturated carbocycles. The lowest BCUT2D eigenvalue weighted by atomic mass is 9.68. The van der Waals surface area contributed by atoms with Gasteiger partial charge in [-0.05, 0) is 51.9 Å². The fraction of sp³-hybridized carbons (Fsp3) is 0.889. The molecule has 1 N–H and O–H groups in total. The largest absolute Gasteiger partial charge is 0.390 e. The fourth-order valence-corrected chi connectivity index (χ4v) is 4.93. The van der Waals surface area contributed by atoms with E-state index in [2.05, 4.69) is 13.0 Å². The third-order valence-electron chi connectivity index (χ3n) is 6.39. The molecule has 4 rings (SSSR count). The minimum Gasteiger partial charge on any atom is -0.390 e. The molecule has 0 radical (unpaired) electrons. The third kappa shape index (κ3) is 2.35. The first-order valence-electron chi connectivity index (χ1n) is 8.80. The maximum atomic E-state index is 10.3. The molecule has 2 aliphatic carbocycles. The number of hydrogen-bond donors (Lipinski definition) is 1. The first-order valence-corrected chi connectivity index (χ1v) is 8.80. The van der Waals surface area contributed by atoms with Gasteiger partial charge < -0.3 is 19.3 Å². The highest BCUT2D eigenvalue weighted by Crippen LogP contribution is 2.59. The van der Waals surface area contributed by atoms with E-state index in [1.807, 2.05) is 0 Å². The Balaban J connectivity index is 1.48. The van der Waals surface area contributed by atoms with Gasteiger partial charge in [0.15, 0.2) is 0 Å². The van der Waals surface area contributed by atoms with Crippen LogP contribution >= 0.6 is 0 Å². The predicted octanol–water partition coefficient (Wildman–Crippen LogP) is 2.59. The molecular formula is C18H28O4. The highest BCUT2D eigenvalue weighted by atomic mass is 16.6. The average molecular weight is 308 g/mol. The smallest absolute Gasteiger partial charge is 0.101 e. The van der Waals surface area contributed by atoms with Gasteiger partial charge in [0.1, 0.15) is 5.60 Å². The van der Waals surface area contributed by atoms with E-state index in [9.17, 15) is 5.11 Å². The quantitative estimate of drug-likeness (QED) is 0.641. The first kappa shape index (κ1) is 15.1. The molecule has 0 aromatic carbocycles. The summed E-state index contributed by atoms with van der Waals surface area (Å²) in [6.07, 6.45) is 9.94. The lowest BCUT2D eigenvalue weighted by molar-refractivity contribution is -0.116. The monoisotopic (exact) mass is 308 g/mol. The van der Waals surface area contributed by atoms with Gasteiger partial charge in [0.25, 0.3) is 0 Å². The van der Waals surface area contributed by atoms with Crippen LogP contribution in [0.4, 0.5) is 0 Å². The second-order valence-electron chi connectivity index (χ2n) is 7.73. The number of rotatable bonds is 4. The van der Waals surface area contributed by atoms with E-state index in [0.29, 0.717) is 0 Å². The molecule has 0 aromatic rings. The van der Waals surface area contributed by atoms with Gasteiger partial charge in [-0.25, -0.2) is 0 Å². The normalized spacial score (nSPS) is 50.4. The minimum atomic E-state index is -0.403. The van der Waals surface area contributed by atoms with Crippen LogP contribution in [-0.2, 0) is 14.2 Å². The molecule has 0 unspecified atom stereocenters. The zero-order valence-electron chi connectivity index (χ0n) is 13.7. The summed E-state index contributed by atoms with van der Waals surface area (Å²) in [6.45, 7) is 2.97. The first-order chi connectivity index (χ1) is 10.6. The predicted molar refractivity (Wildman–Crippen MR) is 82.7 cm³/mol. The van der Waals surface area contributed by atoms with Crippen LogP contribution in [0.2, 0.25) is 0 Å². The van der Waals surface area contributed by atoms with Crippen LogP contribution in [0.15, 0.2) is 11.6 Å². The Kier molecular flexibility index (Phi) is 3.65. The summed E-state index contributed by atoms with van der Waals surface area (Å²) in [5, 5.41) is 10.3. The van der Waals surface area contributed by atoms with Crippen molar-refractivity contribution in [1.82, 2.24) is 0 Å². The molecule has 4 aliphatic rings. The molecule has 0 aromatic heterocycles. The van der Waals surface area contributed by atoms with Crippen LogP contribution in [0.25, 0.3) is 0 Å². The number of aliphatic hydroxyl groups is 1. The second-order valence-corrected chi connectivity index (χ2v) is 7.73. The fourth-order valence-electron chi connectivity index (χ4n) is 4.93. The number of methoxy groups -OCH3 is 1. The van der Waals surface area contributed by atoms with Crippen molar-refractivity contribution >= 4 is 0 Å². The van der Waals surface area contributed by atoms with Crippen molar-refractivity contribution in [3.05, 3.63) is 11.6 Å². The molecule has 6 atom stereocenters. The lowest BCUT2D eigenvalue weighted by Crippen LogP contribution is -2.54. The Bertz CT molecular complexity index is 462. The van der Waals surface area contributed by atoms with E-state index < -0.39 is 6.10 Å². The van der Waals surface area contributed by atoms with Gasteiger partial charge >= 0.3 is 0 Å². The van der Waals surface area contributed by atoms with Crippen molar-refractivity contribution in [1.29, 1.82) is 0 Å². The van der Waals surface area contributed by atoms with Crippen molar-refractivity contribution in [2.75, 3.05) is 13.7 Å². The molecule has 2 heterocycles. The van der Waals surface area contributed by atoms with Crippen LogP contribution in [0.3, 0.4) is 0 Å². The Morgan fingerprint density at radius 3 is 2.73 bits per heavy atom. The lowest BCUT2D eigenvalue weighted by Gasteiger charge is -2.41. The van der Waals surface area contributed by atoms with Gasteiger partial charge in [-0.2, -0.15) is 0 Å². The summed E-state index contributed by atoms with van der Waals surface area (Å²) in [5.41, 5.74) is 1.28. The number of epoxide rings is 2. The number of aliphatic hydroxyl groups excluding tert-OH is 1. The second kappa shape index (κ2) is 5.30. The molecule has 4 heteroatoms. The van der Waals surface area contributed by atoms with Gasteiger partial charge in [0, 0.05) is 7.11 Å². The number of hydrogen-bond acceptors (Lipinski definition) is 4. The molecule has 2 saturated heterocycles. The Hall–Kier alpha value is -0.420. The van der Waals surface area contributed by atoms with E-state index in [1.165, 1.54) is 25.7 Å². The van der Waals surface area contributed by atoms with Crippen LogP contribution in [0, 0.1) is 5.92 Å².